The highest BCUT2D eigenvalue weighted by Crippen LogP contribution is 2.44. The van der Waals surface area contributed by atoms with Crippen LogP contribution in [0.25, 0.3) is 0 Å². The molecular weight excluding hydrogens is 463 g/mol. The zero-order valence-corrected chi connectivity index (χ0v) is 21.6. The van der Waals surface area contributed by atoms with Crippen molar-refractivity contribution in [2.24, 2.45) is 0 Å². The average molecular weight is 495 g/mol. The van der Waals surface area contributed by atoms with Gasteiger partial charge in [0.15, 0.2) is 0 Å². The van der Waals surface area contributed by atoms with E-state index in [0.717, 1.165) is 24.3 Å². The SMILES string of the molecule is C=C1CC(c2ccccc2)(c2cccc(N(C)c3ccc(F)cc3)c2)NCC1Sc1ccccc1C. The number of piperidine rings is 1. The molecule has 0 radical (unpaired) electrons. The van der Waals surface area contributed by atoms with E-state index < -0.39 is 0 Å². The Kier molecular flexibility index (Phi) is 6.99. The van der Waals surface area contributed by atoms with Gasteiger partial charge in [0.25, 0.3) is 0 Å². The Bertz CT molecular complexity index is 1350. The zero-order valence-electron chi connectivity index (χ0n) is 20.7. The molecule has 1 fully saturated rings. The molecule has 2 atom stereocenters. The first kappa shape index (κ1) is 24.4. The van der Waals surface area contributed by atoms with Crippen molar-refractivity contribution in [3.05, 3.63) is 138 Å². The first-order valence-electron chi connectivity index (χ1n) is 12.3. The number of hydrogen-bond acceptors (Lipinski definition) is 3. The topological polar surface area (TPSA) is 15.3 Å². The van der Waals surface area contributed by atoms with Crippen LogP contribution >= 0.6 is 11.8 Å². The van der Waals surface area contributed by atoms with Crippen molar-refractivity contribution < 1.29 is 4.39 Å². The second-order valence-electron chi connectivity index (χ2n) is 9.45. The van der Waals surface area contributed by atoms with Crippen LogP contribution in [0.2, 0.25) is 0 Å². The summed E-state index contributed by atoms with van der Waals surface area (Å²) < 4.78 is 13.5. The number of anilines is 2. The van der Waals surface area contributed by atoms with Crippen LogP contribution in [-0.2, 0) is 5.54 Å². The largest absolute Gasteiger partial charge is 0.345 e. The molecular formula is C32H31FN2S. The lowest BCUT2D eigenvalue weighted by molar-refractivity contribution is 0.365. The number of thioether (sulfide) groups is 1. The third-order valence-corrected chi connectivity index (χ3v) is 8.60. The van der Waals surface area contributed by atoms with Gasteiger partial charge in [0, 0.05) is 35.1 Å². The lowest BCUT2D eigenvalue weighted by Gasteiger charge is -2.44. The molecule has 36 heavy (non-hydrogen) atoms. The van der Waals surface area contributed by atoms with Crippen molar-refractivity contribution in [1.82, 2.24) is 5.32 Å². The molecule has 0 aliphatic carbocycles. The van der Waals surface area contributed by atoms with Gasteiger partial charge < -0.3 is 10.2 Å². The lowest BCUT2D eigenvalue weighted by atomic mass is 9.75. The Morgan fingerprint density at radius 2 is 1.56 bits per heavy atom. The Balaban J connectivity index is 1.48. The first-order valence-corrected chi connectivity index (χ1v) is 13.1. The third kappa shape index (κ3) is 4.84. The number of nitrogens with zero attached hydrogens (tertiary/aromatic N) is 1. The molecule has 1 aliphatic heterocycles. The summed E-state index contributed by atoms with van der Waals surface area (Å²) in [5, 5.41) is 4.25. The molecule has 2 nitrogen and oxygen atoms in total. The molecule has 1 saturated heterocycles. The number of nitrogens with one attached hydrogen (secondary N) is 1. The minimum absolute atomic E-state index is 0.230. The monoisotopic (exact) mass is 494 g/mol. The van der Waals surface area contributed by atoms with Gasteiger partial charge in [0.05, 0.1) is 5.54 Å². The first-order chi connectivity index (χ1) is 17.5. The highest BCUT2D eigenvalue weighted by atomic mass is 32.2. The van der Waals surface area contributed by atoms with Gasteiger partial charge in [-0.25, -0.2) is 4.39 Å². The standard InChI is InChI=1S/C32H31FN2S/c1-23-10-7-8-15-30(23)36-31-22-34-32(21-24(31)2,25-11-5-4-6-12-25)26-13-9-14-29(20-26)35(3)28-18-16-27(33)17-19-28/h4-20,31,34H,2,21-22H2,1,3H3. The maximum Gasteiger partial charge on any atom is 0.123 e. The minimum atomic E-state index is -0.374. The van der Waals surface area contributed by atoms with Gasteiger partial charge in [-0.1, -0.05) is 72.8 Å². The van der Waals surface area contributed by atoms with Crippen LogP contribution in [0.4, 0.5) is 15.8 Å². The number of halogens is 1. The van der Waals surface area contributed by atoms with E-state index in [4.69, 9.17) is 0 Å². The molecule has 0 aromatic heterocycles. The lowest BCUT2D eigenvalue weighted by Crippen LogP contribution is -2.51. The van der Waals surface area contributed by atoms with Crippen LogP contribution in [0.5, 0.6) is 0 Å². The Morgan fingerprint density at radius 3 is 2.28 bits per heavy atom. The maximum absolute atomic E-state index is 13.5. The van der Waals surface area contributed by atoms with Crippen molar-refractivity contribution in [1.29, 1.82) is 0 Å². The second kappa shape index (κ2) is 10.3. The van der Waals surface area contributed by atoms with Crippen molar-refractivity contribution in [3.63, 3.8) is 0 Å². The molecule has 2 unspecified atom stereocenters. The summed E-state index contributed by atoms with van der Waals surface area (Å²) in [5.41, 5.74) is 6.58. The summed E-state index contributed by atoms with van der Waals surface area (Å²) in [6, 6.07) is 34.5. The van der Waals surface area contributed by atoms with Crippen molar-refractivity contribution in [3.8, 4) is 0 Å². The van der Waals surface area contributed by atoms with Gasteiger partial charge in [-0.15, -0.1) is 11.8 Å². The van der Waals surface area contributed by atoms with Crippen molar-refractivity contribution >= 4 is 23.1 Å². The molecule has 1 heterocycles. The normalized spacial score (nSPS) is 19.8. The molecule has 0 bridgehead atoms. The number of hydrogen-bond donors (Lipinski definition) is 1. The zero-order chi connectivity index (χ0) is 25.1. The Labute approximate surface area is 217 Å². The van der Waals surface area contributed by atoms with E-state index >= 15 is 0 Å². The summed E-state index contributed by atoms with van der Waals surface area (Å²) in [5.74, 6) is -0.230. The van der Waals surface area contributed by atoms with E-state index in [2.05, 4.69) is 103 Å². The fourth-order valence-electron chi connectivity index (χ4n) is 4.99. The van der Waals surface area contributed by atoms with Crippen LogP contribution in [0.3, 0.4) is 0 Å². The average Bonchev–Trinajstić information content (AvgIpc) is 2.91. The predicted octanol–water partition coefficient (Wildman–Crippen LogP) is 7.86. The van der Waals surface area contributed by atoms with Gasteiger partial charge in [-0.2, -0.15) is 0 Å². The van der Waals surface area contributed by atoms with Gasteiger partial charge in [-0.3, -0.25) is 0 Å². The fraction of sp³-hybridized carbons (Fsp3) is 0.188. The van der Waals surface area contributed by atoms with Crippen molar-refractivity contribution in [2.45, 2.75) is 29.0 Å². The maximum atomic E-state index is 13.5. The van der Waals surface area contributed by atoms with Crippen LogP contribution in [0, 0.1) is 12.7 Å². The molecule has 4 aromatic carbocycles. The molecule has 0 amide bonds. The van der Waals surface area contributed by atoms with Gasteiger partial charge in [0.2, 0.25) is 0 Å². The molecule has 5 rings (SSSR count). The molecule has 0 spiro atoms. The molecule has 182 valence electrons. The predicted molar refractivity (Wildman–Crippen MR) is 151 cm³/mol. The van der Waals surface area contributed by atoms with E-state index in [-0.39, 0.29) is 11.4 Å². The van der Waals surface area contributed by atoms with Crippen LogP contribution in [0.15, 0.2) is 120 Å². The van der Waals surface area contributed by atoms with Gasteiger partial charge >= 0.3 is 0 Å². The smallest absolute Gasteiger partial charge is 0.123 e. The van der Waals surface area contributed by atoms with Gasteiger partial charge in [-0.05, 0) is 72.5 Å². The Morgan fingerprint density at radius 1 is 0.861 bits per heavy atom. The second-order valence-corrected chi connectivity index (χ2v) is 10.7. The number of rotatable bonds is 6. The van der Waals surface area contributed by atoms with E-state index in [1.54, 1.807) is 0 Å². The van der Waals surface area contributed by atoms with E-state index in [1.165, 1.54) is 39.3 Å². The molecule has 0 saturated carbocycles. The minimum Gasteiger partial charge on any atom is -0.345 e. The number of benzene rings is 4. The molecule has 1 N–H and O–H groups in total. The van der Waals surface area contributed by atoms with Crippen LogP contribution in [-0.4, -0.2) is 18.8 Å². The summed E-state index contributed by atoms with van der Waals surface area (Å²) in [7, 11) is 2.02. The number of aryl methyl sites for hydroxylation is 1. The third-order valence-electron chi connectivity index (χ3n) is 7.11. The van der Waals surface area contributed by atoms with E-state index in [0.29, 0.717) is 5.25 Å². The molecule has 4 heteroatoms. The highest BCUT2D eigenvalue weighted by molar-refractivity contribution is 8.00. The van der Waals surface area contributed by atoms with Gasteiger partial charge in [0.1, 0.15) is 5.82 Å². The van der Waals surface area contributed by atoms with E-state index in [1.807, 2.05) is 30.9 Å². The van der Waals surface area contributed by atoms with Crippen LogP contribution < -0.4 is 10.2 Å². The van der Waals surface area contributed by atoms with E-state index in [9.17, 15) is 4.39 Å². The summed E-state index contributed by atoms with van der Waals surface area (Å²) in [6.45, 7) is 7.56. The quantitative estimate of drug-likeness (QED) is 0.275. The van der Waals surface area contributed by atoms with Crippen LogP contribution in [0.1, 0.15) is 23.1 Å². The Hall–Kier alpha value is -3.34. The summed E-state index contributed by atoms with van der Waals surface area (Å²) in [6.07, 6.45) is 0.810. The summed E-state index contributed by atoms with van der Waals surface area (Å²) >= 11 is 1.90. The fourth-order valence-corrected chi connectivity index (χ4v) is 6.12. The molecule has 4 aromatic rings. The molecule has 1 aliphatic rings. The highest BCUT2D eigenvalue weighted by Gasteiger charge is 2.40. The van der Waals surface area contributed by atoms with Crippen molar-refractivity contribution in [2.75, 3.05) is 18.5 Å². The summed E-state index contributed by atoms with van der Waals surface area (Å²) in [4.78, 5) is 3.40.